The Kier molecular flexibility index (Phi) is 5.63. The van der Waals surface area contributed by atoms with Gasteiger partial charge in [0.15, 0.2) is 0 Å². The number of likely N-dealkylation sites (tertiary alicyclic amines) is 1. The van der Waals surface area contributed by atoms with Crippen molar-refractivity contribution in [2.45, 2.75) is 43.8 Å². The quantitative estimate of drug-likeness (QED) is 0.778. The van der Waals surface area contributed by atoms with Gasteiger partial charge in [0.2, 0.25) is 5.91 Å². The third-order valence-corrected chi connectivity index (χ3v) is 6.03. The van der Waals surface area contributed by atoms with E-state index in [0.29, 0.717) is 30.0 Å². The predicted octanol–water partition coefficient (Wildman–Crippen LogP) is 4.41. The van der Waals surface area contributed by atoms with Gasteiger partial charge in [-0.1, -0.05) is 37.1 Å². The van der Waals surface area contributed by atoms with Crippen LogP contribution < -0.4 is 5.73 Å². The van der Waals surface area contributed by atoms with Gasteiger partial charge < -0.3 is 10.6 Å². The van der Waals surface area contributed by atoms with Gasteiger partial charge in [0, 0.05) is 24.1 Å². The van der Waals surface area contributed by atoms with Crippen LogP contribution in [0.3, 0.4) is 0 Å². The molecule has 2 aromatic rings. The lowest BCUT2D eigenvalue weighted by Gasteiger charge is -2.27. The van der Waals surface area contributed by atoms with E-state index in [1.807, 2.05) is 12.1 Å². The first-order valence-corrected chi connectivity index (χ1v) is 10.2. The molecule has 2 fully saturated rings. The van der Waals surface area contributed by atoms with Crippen molar-refractivity contribution in [3.63, 3.8) is 0 Å². The molecule has 0 radical (unpaired) electrons. The van der Waals surface area contributed by atoms with E-state index in [0.717, 1.165) is 30.9 Å². The standard InChI is InChI=1S/C23H25F3N2O/c24-17-7-8-19(21(26)12-17)15-3-5-16(6-4-15)20(11-14-1-2-14)22(27)23(29)28-10-9-18(25)13-28/h3-8,12,14,18,20,22H,1-2,9-11,13,27H2/t18-,20-,22-/m0/s1. The Bertz CT molecular complexity index is 882. The molecule has 2 aromatic carbocycles. The largest absolute Gasteiger partial charge is 0.338 e. The molecule has 1 saturated heterocycles. The van der Waals surface area contributed by atoms with Crippen LogP contribution >= 0.6 is 0 Å². The maximum absolute atomic E-state index is 14.1. The summed E-state index contributed by atoms with van der Waals surface area (Å²) in [6.07, 6.45) is 2.46. The highest BCUT2D eigenvalue weighted by Gasteiger charge is 2.36. The number of alkyl halides is 1. The number of nitrogens with two attached hydrogens (primary N) is 1. The van der Waals surface area contributed by atoms with Crippen molar-refractivity contribution in [1.82, 2.24) is 4.90 Å². The first kappa shape index (κ1) is 20.0. The van der Waals surface area contributed by atoms with Crippen molar-refractivity contribution >= 4 is 5.91 Å². The van der Waals surface area contributed by atoms with Gasteiger partial charge in [0.05, 0.1) is 12.6 Å². The van der Waals surface area contributed by atoms with Gasteiger partial charge in [0.25, 0.3) is 0 Å². The summed E-state index contributed by atoms with van der Waals surface area (Å²) in [7, 11) is 0. The van der Waals surface area contributed by atoms with Crippen LogP contribution in [0.5, 0.6) is 0 Å². The van der Waals surface area contributed by atoms with Gasteiger partial charge in [-0.2, -0.15) is 0 Å². The first-order chi connectivity index (χ1) is 13.9. The molecule has 1 heterocycles. The van der Waals surface area contributed by atoms with Gasteiger partial charge >= 0.3 is 0 Å². The lowest BCUT2D eigenvalue weighted by molar-refractivity contribution is -0.132. The van der Waals surface area contributed by atoms with E-state index >= 15 is 0 Å². The summed E-state index contributed by atoms with van der Waals surface area (Å²) in [6, 6.07) is 10.0. The molecule has 1 aliphatic carbocycles. The predicted molar refractivity (Wildman–Crippen MR) is 106 cm³/mol. The molecule has 4 rings (SSSR count). The molecule has 2 N–H and O–H groups in total. The number of carbonyl (C=O) groups is 1. The summed E-state index contributed by atoms with van der Waals surface area (Å²) >= 11 is 0. The molecule has 2 aliphatic rings. The summed E-state index contributed by atoms with van der Waals surface area (Å²) in [5.41, 5.74) is 8.24. The topological polar surface area (TPSA) is 46.3 Å². The molecule has 0 unspecified atom stereocenters. The minimum atomic E-state index is -0.974. The number of rotatable bonds is 6. The average molecular weight is 402 g/mol. The van der Waals surface area contributed by atoms with E-state index < -0.39 is 23.8 Å². The number of benzene rings is 2. The van der Waals surface area contributed by atoms with Crippen molar-refractivity contribution < 1.29 is 18.0 Å². The van der Waals surface area contributed by atoms with Gasteiger partial charge in [-0.25, -0.2) is 13.2 Å². The van der Waals surface area contributed by atoms with Gasteiger partial charge in [-0.15, -0.1) is 0 Å². The third kappa shape index (κ3) is 4.47. The van der Waals surface area contributed by atoms with Crippen LogP contribution in [0.1, 0.15) is 37.2 Å². The summed E-state index contributed by atoms with van der Waals surface area (Å²) in [6.45, 7) is 0.526. The summed E-state index contributed by atoms with van der Waals surface area (Å²) in [4.78, 5) is 14.3. The van der Waals surface area contributed by atoms with Crippen molar-refractivity contribution in [3.8, 4) is 11.1 Å². The molecular weight excluding hydrogens is 377 g/mol. The second-order valence-electron chi connectivity index (χ2n) is 8.23. The highest BCUT2D eigenvalue weighted by Crippen LogP contribution is 2.40. The zero-order valence-electron chi connectivity index (χ0n) is 16.2. The SMILES string of the molecule is N[C@H](C(=O)N1CC[C@H](F)C1)[C@@H](CC1CC1)c1ccc(-c2ccc(F)cc2F)cc1. The smallest absolute Gasteiger partial charge is 0.240 e. The molecule has 0 aromatic heterocycles. The van der Waals surface area contributed by atoms with Gasteiger partial charge in [0.1, 0.15) is 17.8 Å². The van der Waals surface area contributed by atoms with Crippen LogP contribution in [-0.2, 0) is 4.79 Å². The normalized spacial score (nSPS) is 21.2. The monoisotopic (exact) mass is 402 g/mol. The lowest BCUT2D eigenvalue weighted by atomic mass is 9.85. The molecule has 154 valence electrons. The number of hydrogen-bond donors (Lipinski definition) is 1. The summed E-state index contributed by atoms with van der Waals surface area (Å²) in [5.74, 6) is -1.05. The van der Waals surface area contributed by atoms with E-state index in [-0.39, 0.29) is 18.4 Å². The van der Waals surface area contributed by atoms with Crippen LogP contribution in [0.25, 0.3) is 11.1 Å². The number of halogens is 3. The zero-order valence-corrected chi connectivity index (χ0v) is 16.2. The van der Waals surface area contributed by atoms with Gasteiger partial charge in [-0.05, 0) is 42.0 Å². The molecular formula is C23H25F3N2O. The van der Waals surface area contributed by atoms with E-state index in [1.54, 1.807) is 12.1 Å². The molecule has 1 aliphatic heterocycles. The second-order valence-corrected chi connectivity index (χ2v) is 8.23. The van der Waals surface area contributed by atoms with Gasteiger partial charge in [-0.3, -0.25) is 4.79 Å². The first-order valence-electron chi connectivity index (χ1n) is 10.2. The minimum absolute atomic E-state index is 0.117. The van der Waals surface area contributed by atoms with Crippen LogP contribution in [-0.4, -0.2) is 36.1 Å². The fraction of sp³-hybridized carbons (Fsp3) is 0.435. The molecule has 0 bridgehead atoms. The van der Waals surface area contributed by atoms with Crippen molar-refractivity contribution in [3.05, 3.63) is 59.7 Å². The second kappa shape index (κ2) is 8.19. The Morgan fingerprint density at radius 3 is 2.41 bits per heavy atom. The molecule has 3 atom stereocenters. The molecule has 1 amide bonds. The van der Waals surface area contributed by atoms with Crippen LogP contribution in [0.2, 0.25) is 0 Å². The highest BCUT2D eigenvalue weighted by atomic mass is 19.1. The van der Waals surface area contributed by atoms with Crippen LogP contribution in [0.4, 0.5) is 13.2 Å². The fourth-order valence-electron chi connectivity index (χ4n) is 4.14. The molecule has 1 saturated carbocycles. The number of carbonyl (C=O) groups excluding carboxylic acids is 1. The van der Waals surface area contributed by atoms with Crippen LogP contribution in [0, 0.1) is 17.6 Å². The zero-order chi connectivity index (χ0) is 20.5. The third-order valence-electron chi connectivity index (χ3n) is 6.03. The minimum Gasteiger partial charge on any atom is -0.338 e. The summed E-state index contributed by atoms with van der Waals surface area (Å²) in [5, 5.41) is 0. The van der Waals surface area contributed by atoms with Crippen LogP contribution in [0.15, 0.2) is 42.5 Å². The Morgan fingerprint density at radius 1 is 1.10 bits per heavy atom. The summed E-state index contributed by atoms with van der Waals surface area (Å²) < 4.78 is 40.8. The molecule has 3 nitrogen and oxygen atoms in total. The number of hydrogen-bond acceptors (Lipinski definition) is 2. The van der Waals surface area contributed by atoms with E-state index in [2.05, 4.69) is 0 Å². The Balaban J connectivity index is 1.55. The lowest BCUT2D eigenvalue weighted by Crippen LogP contribution is -2.46. The Labute approximate surface area is 168 Å². The Hall–Kier alpha value is -2.34. The van der Waals surface area contributed by atoms with Crippen molar-refractivity contribution in [2.24, 2.45) is 11.7 Å². The van der Waals surface area contributed by atoms with Crippen molar-refractivity contribution in [1.29, 1.82) is 0 Å². The fourth-order valence-corrected chi connectivity index (χ4v) is 4.14. The Morgan fingerprint density at radius 2 is 1.83 bits per heavy atom. The maximum Gasteiger partial charge on any atom is 0.240 e. The number of amides is 1. The number of nitrogens with zero attached hydrogens (tertiary/aromatic N) is 1. The molecule has 0 spiro atoms. The van der Waals surface area contributed by atoms with E-state index in [1.165, 1.54) is 17.0 Å². The maximum atomic E-state index is 14.1. The molecule has 6 heteroatoms. The van der Waals surface area contributed by atoms with E-state index in [4.69, 9.17) is 5.73 Å². The average Bonchev–Trinajstić information content (AvgIpc) is 3.43. The molecule has 29 heavy (non-hydrogen) atoms. The van der Waals surface area contributed by atoms with Crippen molar-refractivity contribution in [2.75, 3.05) is 13.1 Å². The van der Waals surface area contributed by atoms with E-state index in [9.17, 15) is 18.0 Å². The highest BCUT2D eigenvalue weighted by molar-refractivity contribution is 5.83.